The van der Waals surface area contributed by atoms with Gasteiger partial charge in [-0.15, -0.1) is 0 Å². The number of nitrogen functional groups attached to an aromatic ring is 1. The average Bonchev–Trinajstić information content (AvgIpc) is 2.44. The number of hydrogen-bond donors (Lipinski definition) is 1. The summed E-state index contributed by atoms with van der Waals surface area (Å²) in [6, 6.07) is 0. The molecular weight excluding hydrogens is 182 g/mol. The van der Waals surface area contributed by atoms with Gasteiger partial charge in [0.25, 0.3) is 0 Å². The van der Waals surface area contributed by atoms with Gasteiger partial charge in [0.15, 0.2) is 0 Å². The van der Waals surface area contributed by atoms with Crippen molar-refractivity contribution in [3.8, 4) is 0 Å². The Morgan fingerprint density at radius 3 is 2.57 bits per heavy atom. The molecule has 14 heavy (non-hydrogen) atoms. The molecule has 0 aromatic carbocycles. The zero-order valence-corrected chi connectivity index (χ0v) is 8.87. The number of carbonyl (C=O) groups is 1. The highest BCUT2D eigenvalue weighted by Crippen LogP contribution is 2.20. The van der Waals surface area contributed by atoms with Crippen LogP contribution in [-0.2, 0) is 15.1 Å². The molecule has 5 heteroatoms. The van der Waals surface area contributed by atoms with Crippen molar-refractivity contribution in [3.63, 3.8) is 0 Å². The van der Waals surface area contributed by atoms with Crippen molar-refractivity contribution in [2.24, 2.45) is 0 Å². The van der Waals surface area contributed by atoms with Crippen LogP contribution in [0.25, 0.3) is 0 Å². The van der Waals surface area contributed by atoms with E-state index in [0.717, 1.165) is 0 Å². The molecule has 1 heterocycles. The van der Waals surface area contributed by atoms with Crippen molar-refractivity contribution in [1.29, 1.82) is 0 Å². The summed E-state index contributed by atoms with van der Waals surface area (Å²) < 4.78 is 6.41. The van der Waals surface area contributed by atoms with E-state index >= 15 is 0 Å². The lowest BCUT2D eigenvalue weighted by Crippen LogP contribution is -2.37. The summed E-state index contributed by atoms with van der Waals surface area (Å²) in [7, 11) is 1.36. The predicted octanol–water partition coefficient (Wildman–Crippen LogP) is 0.682. The van der Waals surface area contributed by atoms with E-state index in [1.807, 2.05) is 0 Å². The Labute approximate surface area is 82.9 Å². The number of rotatable bonds is 2. The van der Waals surface area contributed by atoms with Crippen LogP contribution in [0.5, 0.6) is 0 Å². The summed E-state index contributed by atoms with van der Waals surface area (Å²) in [5, 5.41) is 0. The van der Waals surface area contributed by atoms with E-state index < -0.39 is 5.54 Å². The van der Waals surface area contributed by atoms with Crippen molar-refractivity contribution in [2.75, 3.05) is 12.8 Å². The number of aryl methyl sites for hydroxylation is 1. The zero-order chi connectivity index (χ0) is 10.9. The second-order valence-corrected chi connectivity index (χ2v) is 3.63. The van der Waals surface area contributed by atoms with E-state index in [0.29, 0.717) is 11.6 Å². The van der Waals surface area contributed by atoms with Gasteiger partial charge in [-0.2, -0.15) is 0 Å². The fourth-order valence-corrected chi connectivity index (χ4v) is 1.41. The molecule has 0 amide bonds. The number of ether oxygens (including phenoxy) is 1. The van der Waals surface area contributed by atoms with Crippen LogP contribution in [0.3, 0.4) is 0 Å². The molecule has 0 unspecified atom stereocenters. The number of hydrogen-bond acceptors (Lipinski definition) is 4. The Hall–Kier alpha value is -1.52. The van der Waals surface area contributed by atoms with E-state index in [1.54, 1.807) is 31.5 Å². The quantitative estimate of drug-likeness (QED) is 0.708. The van der Waals surface area contributed by atoms with Gasteiger partial charge in [-0.1, -0.05) is 0 Å². The van der Waals surface area contributed by atoms with Crippen molar-refractivity contribution in [2.45, 2.75) is 26.3 Å². The van der Waals surface area contributed by atoms with E-state index in [-0.39, 0.29) is 5.97 Å². The van der Waals surface area contributed by atoms with Crippen molar-refractivity contribution in [1.82, 2.24) is 9.55 Å². The van der Waals surface area contributed by atoms with Crippen LogP contribution < -0.4 is 5.73 Å². The maximum atomic E-state index is 11.5. The van der Waals surface area contributed by atoms with Crippen molar-refractivity contribution in [3.05, 3.63) is 12.0 Å². The molecule has 0 radical (unpaired) electrons. The summed E-state index contributed by atoms with van der Waals surface area (Å²) in [6.45, 7) is 5.31. The summed E-state index contributed by atoms with van der Waals surface area (Å²) >= 11 is 0. The van der Waals surface area contributed by atoms with E-state index in [2.05, 4.69) is 4.98 Å². The lowest BCUT2D eigenvalue weighted by atomic mass is 10.1. The summed E-state index contributed by atoms with van der Waals surface area (Å²) in [4.78, 5) is 15.5. The molecule has 1 aromatic rings. The molecule has 0 saturated carbocycles. The minimum atomic E-state index is -0.774. The van der Waals surface area contributed by atoms with Crippen LogP contribution in [0.1, 0.15) is 19.7 Å². The lowest BCUT2D eigenvalue weighted by Gasteiger charge is -2.24. The number of aromatic nitrogens is 2. The first-order chi connectivity index (χ1) is 6.39. The average molecular weight is 197 g/mol. The number of esters is 1. The van der Waals surface area contributed by atoms with Crippen LogP contribution in [0.2, 0.25) is 0 Å². The van der Waals surface area contributed by atoms with Gasteiger partial charge in [-0.3, -0.25) is 0 Å². The molecule has 0 aliphatic heterocycles. The minimum Gasteiger partial charge on any atom is -0.467 e. The van der Waals surface area contributed by atoms with Gasteiger partial charge < -0.3 is 15.0 Å². The third kappa shape index (κ3) is 1.57. The van der Waals surface area contributed by atoms with Gasteiger partial charge in [-0.05, 0) is 20.8 Å². The number of nitrogens with zero attached hydrogens (tertiary/aromatic N) is 2. The maximum Gasteiger partial charge on any atom is 0.331 e. The van der Waals surface area contributed by atoms with Gasteiger partial charge in [0.2, 0.25) is 0 Å². The third-order valence-electron chi connectivity index (χ3n) is 2.19. The SMILES string of the molecule is COC(=O)C(C)(C)n1cc(N)nc1C. The molecule has 1 aromatic heterocycles. The first-order valence-corrected chi connectivity index (χ1v) is 4.30. The Morgan fingerprint density at radius 2 is 2.21 bits per heavy atom. The molecule has 0 atom stereocenters. The zero-order valence-electron chi connectivity index (χ0n) is 8.87. The first kappa shape index (κ1) is 10.6. The smallest absolute Gasteiger partial charge is 0.331 e. The molecule has 0 spiro atoms. The molecule has 1 rings (SSSR count). The van der Waals surface area contributed by atoms with Crippen LogP contribution >= 0.6 is 0 Å². The van der Waals surface area contributed by atoms with Crippen molar-refractivity contribution < 1.29 is 9.53 Å². The monoisotopic (exact) mass is 197 g/mol. The second kappa shape index (κ2) is 3.32. The molecule has 5 nitrogen and oxygen atoms in total. The highest BCUT2D eigenvalue weighted by Gasteiger charge is 2.32. The molecule has 2 N–H and O–H groups in total. The Bertz CT molecular complexity index is 355. The molecular formula is C9H15N3O2. The molecule has 0 aliphatic carbocycles. The Morgan fingerprint density at radius 1 is 1.64 bits per heavy atom. The molecule has 78 valence electrons. The summed E-state index contributed by atoms with van der Waals surface area (Å²) in [6.07, 6.45) is 1.63. The predicted molar refractivity (Wildman–Crippen MR) is 52.7 cm³/mol. The van der Waals surface area contributed by atoms with Crippen molar-refractivity contribution >= 4 is 11.8 Å². The molecule has 0 bridgehead atoms. The number of carbonyl (C=O) groups excluding carboxylic acids is 1. The fourth-order valence-electron chi connectivity index (χ4n) is 1.41. The normalized spacial score (nSPS) is 11.4. The topological polar surface area (TPSA) is 70.1 Å². The Kier molecular flexibility index (Phi) is 2.51. The van der Waals surface area contributed by atoms with E-state index in [1.165, 1.54) is 7.11 Å². The van der Waals surface area contributed by atoms with Gasteiger partial charge in [0.05, 0.1) is 7.11 Å². The number of nitrogens with two attached hydrogens (primary N) is 1. The largest absolute Gasteiger partial charge is 0.467 e. The van der Waals surface area contributed by atoms with E-state index in [9.17, 15) is 4.79 Å². The third-order valence-corrected chi connectivity index (χ3v) is 2.19. The van der Waals surface area contributed by atoms with Gasteiger partial charge in [-0.25, -0.2) is 9.78 Å². The standard InChI is InChI=1S/C9H15N3O2/c1-6-11-7(10)5-12(6)9(2,3)8(13)14-4/h5H,10H2,1-4H3. The van der Waals surface area contributed by atoms with Gasteiger partial charge in [0, 0.05) is 6.20 Å². The minimum absolute atomic E-state index is 0.321. The number of anilines is 1. The van der Waals surface area contributed by atoms with Crippen LogP contribution in [0, 0.1) is 6.92 Å². The summed E-state index contributed by atoms with van der Waals surface area (Å²) in [5.41, 5.74) is 4.76. The lowest BCUT2D eigenvalue weighted by molar-refractivity contribution is -0.149. The van der Waals surface area contributed by atoms with Gasteiger partial charge in [0.1, 0.15) is 17.2 Å². The van der Waals surface area contributed by atoms with Gasteiger partial charge >= 0.3 is 5.97 Å². The molecule has 0 saturated heterocycles. The first-order valence-electron chi connectivity index (χ1n) is 4.30. The van der Waals surface area contributed by atoms with Crippen LogP contribution in [0.4, 0.5) is 5.82 Å². The molecule has 0 fully saturated rings. The van der Waals surface area contributed by atoms with Crippen LogP contribution in [-0.4, -0.2) is 22.6 Å². The second-order valence-electron chi connectivity index (χ2n) is 3.63. The molecule has 0 aliphatic rings. The fraction of sp³-hybridized carbons (Fsp3) is 0.556. The summed E-state index contributed by atoms with van der Waals surface area (Å²) in [5.74, 6) is 0.773. The maximum absolute atomic E-state index is 11.5. The number of methoxy groups -OCH3 is 1. The number of imidazole rings is 1. The highest BCUT2D eigenvalue weighted by molar-refractivity contribution is 5.78. The van der Waals surface area contributed by atoms with E-state index in [4.69, 9.17) is 10.5 Å². The highest BCUT2D eigenvalue weighted by atomic mass is 16.5. The van der Waals surface area contributed by atoms with Crippen LogP contribution in [0.15, 0.2) is 6.20 Å². The Balaban J connectivity index is 3.15.